The van der Waals surface area contributed by atoms with Gasteiger partial charge in [-0.3, -0.25) is 9.59 Å². The number of aromatic nitrogens is 1. The van der Waals surface area contributed by atoms with Crippen LogP contribution in [0.3, 0.4) is 0 Å². The van der Waals surface area contributed by atoms with Crippen molar-refractivity contribution in [2.75, 3.05) is 5.73 Å². The van der Waals surface area contributed by atoms with Crippen LogP contribution in [0.2, 0.25) is 0 Å². The van der Waals surface area contributed by atoms with Crippen molar-refractivity contribution in [3.05, 3.63) is 58.8 Å². The van der Waals surface area contributed by atoms with Crippen molar-refractivity contribution in [1.82, 2.24) is 15.2 Å². The summed E-state index contributed by atoms with van der Waals surface area (Å²) in [7, 11) is 0. The minimum absolute atomic E-state index is 0.126. The fraction of sp³-hybridized carbons (Fsp3) is 0.286. The Kier molecular flexibility index (Phi) is 4.37. The highest BCUT2D eigenvalue weighted by Gasteiger charge is 2.44. The third-order valence-electron chi connectivity index (χ3n) is 5.58. The minimum Gasteiger partial charge on any atom is -0.381 e. The lowest BCUT2D eigenvalue weighted by Crippen LogP contribution is -2.50. The molecule has 1 saturated heterocycles. The topological polar surface area (TPSA) is 88.3 Å². The summed E-state index contributed by atoms with van der Waals surface area (Å²) in [6.45, 7) is 6.95. The van der Waals surface area contributed by atoms with Crippen LogP contribution in [0, 0.1) is 18.6 Å². The van der Waals surface area contributed by atoms with Gasteiger partial charge in [0.05, 0.1) is 11.7 Å². The number of aryl methyl sites for hydroxylation is 1. The molecule has 1 aromatic carbocycles. The number of hydrogen-bond donors (Lipinski definition) is 2. The van der Waals surface area contributed by atoms with E-state index >= 15 is 4.39 Å². The average molecular weight is 398 g/mol. The molecule has 0 aliphatic carbocycles. The Morgan fingerprint density at radius 1 is 1.24 bits per heavy atom. The first kappa shape index (κ1) is 19.0. The van der Waals surface area contributed by atoms with Crippen LogP contribution in [-0.2, 0) is 4.79 Å². The number of rotatable bonds is 2. The summed E-state index contributed by atoms with van der Waals surface area (Å²) in [4.78, 5) is 30.7. The molecule has 2 amide bonds. The number of pyridine rings is 1. The molecule has 2 aliphatic rings. The Labute approximate surface area is 166 Å². The second-order valence-corrected chi connectivity index (χ2v) is 7.45. The Morgan fingerprint density at radius 2 is 1.93 bits per heavy atom. The predicted molar refractivity (Wildman–Crippen MR) is 104 cm³/mol. The van der Waals surface area contributed by atoms with E-state index in [0.29, 0.717) is 18.5 Å². The van der Waals surface area contributed by atoms with Gasteiger partial charge in [0.2, 0.25) is 5.91 Å². The van der Waals surface area contributed by atoms with Crippen molar-refractivity contribution in [1.29, 1.82) is 0 Å². The van der Waals surface area contributed by atoms with Crippen LogP contribution in [0.1, 0.15) is 47.3 Å². The number of halogens is 2. The van der Waals surface area contributed by atoms with Gasteiger partial charge in [0.1, 0.15) is 11.9 Å². The molecule has 2 unspecified atom stereocenters. The summed E-state index contributed by atoms with van der Waals surface area (Å²) < 4.78 is 29.3. The molecule has 8 heteroatoms. The van der Waals surface area contributed by atoms with Crippen molar-refractivity contribution in [3.8, 4) is 11.3 Å². The van der Waals surface area contributed by atoms with Crippen molar-refractivity contribution in [2.24, 2.45) is 0 Å². The molecule has 0 saturated carbocycles. The van der Waals surface area contributed by atoms with E-state index in [2.05, 4.69) is 16.9 Å². The molecule has 0 spiro atoms. The summed E-state index contributed by atoms with van der Waals surface area (Å²) in [6.07, 6.45) is 0.980. The van der Waals surface area contributed by atoms with Crippen LogP contribution in [0.5, 0.6) is 0 Å². The maximum atomic E-state index is 15.5. The molecule has 3 N–H and O–H groups in total. The molecule has 1 fully saturated rings. The summed E-state index contributed by atoms with van der Waals surface area (Å²) in [6, 6.07) is 3.03. The van der Waals surface area contributed by atoms with Crippen LogP contribution in [0.25, 0.3) is 11.3 Å². The van der Waals surface area contributed by atoms with Crippen molar-refractivity contribution in [2.45, 2.75) is 38.8 Å². The second-order valence-electron chi connectivity index (χ2n) is 7.45. The Balaban J connectivity index is 1.77. The van der Waals surface area contributed by atoms with Crippen LogP contribution in [0.15, 0.2) is 30.5 Å². The van der Waals surface area contributed by atoms with E-state index in [1.165, 1.54) is 30.0 Å². The first-order valence-electron chi connectivity index (χ1n) is 9.27. The number of carbonyl (C=O) groups is 2. The highest BCUT2D eigenvalue weighted by molar-refractivity contribution is 6.02. The summed E-state index contributed by atoms with van der Waals surface area (Å²) in [5.74, 6) is -2.30. The lowest BCUT2D eigenvalue weighted by atomic mass is 9.98. The zero-order valence-electron chi connectivity index (χ0n) is 16.1. The maximum absolute atomic E-state index is 15.5. The number of nitrogens with one attached hydrogen (secondary N) is 1. The van der Waals surface area contributed by atoms with Crippen LogP contribution < -0.4 is 11.1 Å². The van der Waals surface area contributed by atoms with Crippen molar-refractivity contribution in [3.63, 3.8) is 0 Å². The fourth-order valence-electron chi connectivity index (χ4n) is 4.10. The van der Waals surface area contributed by atoms with Crippen molar-refractivity contribution < 1.29 is 18.4 Å². The van der Waals surface area contributed by atoms with Gasteiger partial charge >= 0.3 is 0 Å². The molecule has 2 aliphatic heterocycles. The number of amides is 2. The van der Waals surface area contributed by atoms with Gasteiger partial charge in [-0.15, -0.1) is 0 Å². The Morgan fingerprint density at radius 3 is 2.59 bits per heavy atom. The number of anilines is 1. The number of hydrogen-bond acceptors (Lipinski definition) is 4. The molecule has 0 bridgehead atoms. The van der Waals surface area contributed by atoms with Gasteiger partial charge in [0, 0.05) is 22.4 Å². The summed E-state index contributed by atoms with van der Waals surface area (Å²) >= 11 is 0. The molecule has 4 rings (SSSR count). The molecule has 29 heavy (non-hydrogen) atoms. The second kappa shape index (κ2) is 6.65. The summed E-state index contributed by atoms with van der Waals surface area (Å²) in [5.41, 5.74) is 7.17. The zero-order chi connectivity index (χ0) is 21.0. The van der Waals surface area contributed by atoms with Gasteiger partial charge in [-0.1, -0.05) is 6.58 Å². The molecule has 2 atom stereocenters. The first-order chi connectivity index (χ1) is 13.7. The number of piperidine rings is 1. The minimum atomic E-state index is -0.694. The molecule has 2 aromatic rings. The fourth-order valence-corrected chi connectivity index (χ4v) is 4.10. The third-order valence-corrected chi connectivity index (χ3v) is 5.58. The molecular formula is C21H20F2N4O2. The van der Waals surface area contributed by atoms with Gasteiger partial charge in [-0.05, 0) is 50.5 Å². The van der Waals surface area contributed by atoms with E-state index in [1.54, 1.807) is 6.92 Å². The number of nitrogen functional groups attached to an aromatic ring is 1. The van der Waals surface area contributed by atoms with Gasteiger partial charge in [0.15, 0.2) is 11.6 Å². The smallest absolute Gasteiger partial charge is 0.255 e. The first-order valence-corrected chi connectivity index (χ1v) is 9.27. The normalized spacial score (nSPS) is 21.4. The number of allylic oxidation sites excluding steroid dienone is 1. The van der Waals surface area contributed by atoms with E-state index in [4.69, 9.17) is 5.73 Å². The zero-order valence-corrected chi connectivity index (χ0v) is 16.1. The van der Waals surface area contributed by atoms with Crippen LogP contribution >= 0.6 is 0 Å². The predicted octanol–water partition coefficient (Wildman–Crippen LogP) is 3.23. The molecule has 3 heterocycles. The van der Waals surface area contributed by atoms with E-state index in [1.807, 2.05) is 0 Å². The number of fused-ring (bicyclic) bond motifs is 1. The third kappa shape index (κ3) is 2.86. The highest BCUT2D eigenvalue weighted by Crippen LogP contribution is 2.41. The van der Waals surface area contributed by atoms with Crippen LogP contribution in [-0.4, -0.2) is 27.7 Å². The van der Waals surface area contributed by atoms with Gasteiger partial charge in [0.25, 0.3) is 5.91 Å². The number of benzene rings is 1. The van der Waals surface area contributed by atoms with E-state index < -0.39 is 29.6 Å². The quantitative estimate of drug-likeness (QED) is 0.813. The Bertz CT molecular complexity index is 1060. The van der Waals surface area contributed by atoms with E-state index in [9.17, 15) is 14.0 Å². The lowest BCUT2D eigenvalue weighted by Gasteiger charge is -2.34. The average Bonchev–Trinajstić information content (AvgIpc) is 2.91. The van der Waals surface area contributed by atoms with E-state index in [-0.39, 0.29) is 39.7 Å². The van der Waals surface area contributed by atoms with Gasteiger partial charge in [-0.25, -0.2) is 13.8 Å². The standard InChI is InChI=1S/C21H20F2N4O2/c1-9-8-14(26-19(24)17(9)22)12-5-6-13-16(18(12)23)11(3)27(21(13)29)15-7-4-10(2)25-20(15)28/h5-6,8,11,15H,2,4,7H2,1,3H3,(H2,24,26)(H,25,28). The number of carbonyl (C=O) groups excluding carboxylic acids is 2. The molecule has 0 radical (unpaired) electrons. The SMILES string of the molecule is C=C1CCC(N2C(=O)c3ccc(-c4cc(C)c(F)c(N)n4)c(F)c3C2C)C(=O)N1. The van der Waals surface area contributed by atoms with E-state index in [0.717, 1.165) is 0 Å². The molecule has 1 aromatic heterocycles. The molecule has 6 nitrogen and oxygen atoms in total. The number of nitrogens with zero attached hydrogens (tertiary/aromatic N) is 2. The molecule has 150 valence electrons. The highest BCUT2D eigenvalue weighted by atomic mass is 19.1. The lowest BCUT2D eigenvalue weighted by molar-refractivity contribution is -0.126. The Hall–Kier alpha value is -3.29. The van der Waals surface area contributed by atoms with Gasteiger partial charge < -0.3 is 16.0 Å². The maximum Gasteiger partial charge on any atom is 0.255 e. The van der Waals surface area contributed by atoms with Gasteiger partial charge in [-0.2, -0.15) is 0 Å². The van der Waals surface area contributed by atoms with Crippen LogP contribution in [0.4, 0.5) is 14.6 Å². The van der Waals surface area contributed by atoms with Crippen molar-refractivity contribution >= 4 is 17.6 Å². The molecular weight excluding hydrogens is 378 g/mol. The largest absolute Gasteiger partial charge is 0.381 e. The monoisotopic (exact) mass is 398 g/mol. The summed E-state index contributed by atoms with van der Waals surface area (Å²) in [5, 5.41) is 2.66. The number of nitrogens with two attached hydrogens (primary N) is 1.